The van der Waals surface area contributed by atoms with Crippen molar-refractivity contribution in [1.82, 2.24) is 10.3 Å². The van der Waals surface area contributed by atoms with Crippen LogP contribution in [0, 0.1) is 0 Å². The summed E-state index contributed by atoms with van der Waals surface area (Å²) >= 11 is 0. The Labute approximate surface area is 174 Å². The lowest BCUT2D eigenvalue weighted by Gasteiger charge is -2.10. The number of carboxylic acid groups (broad SMARTS) is 1. The number of nitrogens with zero attached hydrogens (tertiary/aromatic N) is 1. The van der Waals surface area contributed by atoms with Crippen LogP contribution in [-0.4, -0.2) is 46.3 Å². The van der Waals surface area contributed by atoms with E-state index in [9.17, 15) is 14.7 Å². The highest BCUT2D eigenvalue weighted by Gasteiger charge is 2.13. The van der Waals surface area contributed by atoms with Crippen LogP contribution in [0.3, 0.4) is 0 Å². The first kappa shape index (κ1) is 21.0. The molecular formula is C23H22N2O5. The van der Waals surface area contributed by atoms with Gasteiger partial charge in [0.15, 0.2) is 6.10 Å². The van der Waals surface area contributed by atoms with E-state index in [0.717, 1.165) is 11.3 Å². The summed E-state index contributed by atoms with van der Waals surface area (Å²) in [7, 11) is 0. The lowest BCUT2D eigenvalue weighted by atomic mass is 10.1. The number of pyridine rings is 1. The summed E-state index contributed by atoms with van der Waals surface area (Å²) in [5.74, 6) is -0.848. The molecule has 0 saturated heterocycles. The van der Waals surface area contributed by atoms with Crippen molar-refractivity contribution in [3.63, 3.8) is 0 Å². The van der Waals surface area contributed by atoms with Crippen LogP contribution in [0.5, 0.6) is 5.75 Å². The van der Waals surface area contributed by atoms with Crippen LogP contribution >= 0.6 is 0 Å². The highest BCUT2D eigenvalue weighted by atomic mass is 16.5. The fourth-order valence-corrected chi connectivity index (χ4v) is 2.79. The van der Waals surface area contributed by atoms with Gasteiger partial charge >= 0.3 is 5.97 Å². The van der Waals surface area contributed by atoms with Crippen molar-refractivity contribution in [1.29, 1.82) is 0 Å². The molecule has 0 bridgehead atoms. The Morgan fingerprint density at radius 3 is 2.37 bits per heavy atom. The van der Waals surface area contributed by atoms with Crippen molar-refractivity contribution in [2.45, 2.75) is 12.5 Å². The SMILES string of the molecule is O=C(NCCOc1ccc(CC(O)C(=O)O)cc1)c1ccc(-c2ccccn2)cc1. The Hall–Kier alpha value is -3.71. The third kappa shape index (κ3) is 5.89. The number of carboxylic acids is 1. The number of hydrogen-bond donors (Lipinski definition) is 3. The fraction of sp³-hybridized carbons (Fsp3) is 0.174. The standard InChI is InChI=1S/C23H22N2O5/c26-21(23(28)29)15-16-4-10-19(11-5-16)30-14-13-25-22(27)18-8-6-17(7-9-18)20-3-1-2-12-24-20/h1-12,21,26H,13-15H2,(H,25,27)(H,28,29). The molecule has 0 aliphatic rings. The van der Waals surface area contributed by atoms with E-state index in [1.54, 1.807) is 42.6 Å². The molecule has 1 unspecified atom stereocenters. The Morgan fingerprint density at radius 2 is 1.73 bits per heavy atom. The predicted molar refractivity (Wildman–Crippen MR) is 111 cm³/mol. The van der Waals surface area contributed by atoms with Crippen LogP contribution in [0.4, 0.5) is 0 Å². The van der Waals surface area contributed by atoms with Crippen LogP contribution in [0.15, 0.2) is 72.9 Å². The molecule has 0 fully saturated rings. The second kappa shape index (κ2) is 10.2. The van der Waals surface area contributed by atoms with Gasteiger partial charge in [-0.15, -0.1) is 0 Å². The maximum atomic E-state index is 12.3. The summed E-state index contributed by atoms with van der Waals surface area (Å²) in [4.78, 5) is 27.2. The Bertz CT molecular complexity index is 973. The average Bonchev–Trinajstić information content (AvgIpc) is 2.78. The van der Waals surface area contributed by atoms with Crippen molar-refractivity contribution in [2.75, 3.05) is 13.2 Å². The molecule has 0 saturated carbocycles. The predicted octanol–water partition coefficient (Wildman–Crippen LogP) is 2.55. The minimum absolute atomic E-state index is 0.0325. The fourth-order valence-electron chi connectivity index (χ4n) is 2.79. The first-order valence-electron chi connectivity index (χ1n) is 9.45. The van der Waals surface area contributed by atoms with E-state index in [1.165, 1.54) is 0 Å². The van der Waals surface area contributed by atoms with Crippen molar-refractivity contribution < 1.29 is 24.5 Å². The number of carbonyl (C=O) groups excluding carboxylic acids is 1. The summed E-state index contributed by atoms with van der Waals surface area (Å²) < 4.78 is 5.57. The zero-order valence-electron chi connectivity index (χ0n) is 16.2. The zero-order valence-corrected chi connectivity index (χ0v) is 16.2. The van der Waals surface area contributed by atoms with Gasteiger partial charge in [-0.25, -0.2) is 4.79 Å². The van der Waals surface area contributed by atoms with Crippen molar-refractivity contribution >= 4 is 11.9 Å². The minimum atomic E-state index is -1.43. The molecule has 0 aliphatic carbocycles. The Morgan fingerprint density at radius 1 is 1.00 bits per heavy atom. The number of carbonyl (C=O) groups is 2. The Balaban J connectivity index is 1.43. The van der Waals surface area contributed by atoms with Gasteiger partial charge in [0.25, 0.3) is 5.91 Å². The van der Waals surface area contributed by atoms with Crippen LogP contribution in [-0.2, 0) is 11.2 Å². The van der Waals surface area contributed by atoms with E-state index in [2.05, 4.69) is 10.3 Å². The van der Waals surface area contributed by atoms with Crippen LogP contribution < -0.4 is 10.1 Å². The van der Waals surface area contributed by atoms with Gasteiger partial charge in [-0.2, -0.15) is 0 Å². The molecule has 1 amide bonds. The third-order valence-electron chi connectivity index (χ3n) is 4.40. The van der Waals surface area contributed by atoms with Gasteiger partial charge in [-0.3, -0.25) is 9.78 Å². The van der Waals surface area contributed by atoms with Gasteiger partial charge in [-0.1, -0.05) is 30.3 Å². The highest BCUT2D eigenvalue weighted by Crippen LogP contribution is 2.17. The number of rotatable bonds is 9. The van der Waals surface area contributed by atoms with Gasteiger partial charge in [0.1, 0.15) is 12.4 Å². The van der Waals surface area contributed by atoms with E-state index >= 15 is 0 Å². The third-order valence-corrected chi connectivity index (χ3v) is 4.40. The number of benzene rings is 2. The molecular weight excluding hydrogens is 384 g/mol. The molecule has 3 aromatic rings. The minimum Gasteiger partial charge on any atom is -0.492 e. The number of aliphatic hydroxyl groups excluding tert-OH is 1. The Kier molecular flexibility index (Phi) is 7.13. The molecule has 1 heterocycles. The maximum absolute atomic E-state index is 12.3. The van der Waals surface area contributed by atoms with Gasteiger partial charge in [-0.05, 0) is 42.0 Å². The normalized spacial score (nSPS) is 11.5. The van der Waals surface area contributed by atoms with E-state index in [4.69, 9.17) is 9.84 Å². The van der Waals surface area contributed by atoms with Crippen molar-refractivity contribution in [2.24, 2.45) is 0 Å². The smallest absolute Gasteiger partial charge is 0.332 e. The lowest BCUT2D eigenvalue weighted by molar-refractivity contribution is -0.146. The number of nitrogens with one attached hydrogen (secondary N) is 1. The number of ether oxygens (including phenoxy) is 1. The number of aromatic nitrogens is 1. The topological polar surface area (TPSA) is 109 Å². The number of amides is 1. The molecule has 1 atom stereocenters. The molecule has 0 spiro atoms. The number of aliphatic hydroxyl groups is 1. The molecule has 2 aromatic carbocycles. The lowest BCUT2D eigenvalue weighted by Crippen LogP contribution is -2.28. The van der Waals surface area contributed by atoms with E-state index in [1.807, 2.05) is 30.3 Å². The molecule has 3 N–H and O–H groups in total. The summed E-state index contributed by atoms with van der Waals surface area (Å²) in [6.07, 6.45) is 0.332. The number of aliphatic carboxylic acids is 1. The van der Waals surface area contributed by atoms with Crippen LogP contribution in [0.1, 0.15) is 15.9 Å². The molecule has 7 heteroatoms. The molecule has 3 rings (SSSR count). The summed E-state index contributed by atoms with van der Waals surface area (Å²) in [6, 6.07) is 19.7. The quantitative estimate of drug-likeness (QED) is 0.471. The molecule has 154 valence electrons. The van der Waals surface area contributed by atoms with Gasteiger partial charge < -0.3 is 20.3 Å². The molecule has 0 aliphatic heterocycles. The first-order valence-corrected chi connectivity index (χ1v) is 9.45. The van der Waals surface area contributed by atoms with Gasteiger partial charge in [0.05, 0.1) is 12.2 Å². The summed E-state index contributed by atoms with van der Waals surface area (Å²) in [6.45, 7) is 0.620. The van der Waals surface area contributed by atoms with Crippen LogP contribution in [0.25, 0.3) is 11.3 Å². The molecule has 30 heavy (non-hydrogen) atoms. The highest BCUT2D eigenvalue weighted by molar-refractivity contribution is 5.94. The first-order chi connectivity index (χ1) is 14.5. The molecule has 7 nitrogen and oxygen atoms in total. The van der Waals surface area contributed by atoms with E-state index in [-0.39, 0.29) is 18.9 Å². The van der Waals surface area contributed by atoms with Crippen LogP contribution in [0.2, 0.25) is 0 Å². The average molecular weight is 406 g/mol. The van der Waals surface area contributed by atoms with Gasteiger partial charge in [0, 0.05) is 23.7 Å². The maximum Gasteiger partial charge on any atom is 0.332 e. The second-order valence-electron chi connectivity index (χ2n) is 6.60. The van der Waals surface area contributed by atoms with Crippen molar-refractivity contribution in [3.8, 4) is 17.0 Å². The summed E-state index contributed by atoms with van der Waals surface area (Å²) in [5, 5.41) is 20.9. The van der Waals surface area contributed by atoms with E-state index < -0.39 is 12.1 Å². The van der Waals surface area contributed by atoms with Crippen molar-refractivity contribution in [3.05, 3.63) is 84.1 Å². The zero-order chi connectivity index (χ0) is 21.3. The molecule has 1 aromatic heterocycles. The molecule has 0 radical (unpaired) electrons. The second-order valence-corrected chi connectivity index (χ2v) is 6.60. The monoisotopic (exact) mass is 406 g/mol. The summed E-state index contributed by atoms with van der Waals surface area (Å²) in [5.41, 5.74) is 3.03. The largest absolute Gasteiger partial charge is 0.492 e. The van der Waals surface area contributed by atoms with Gasteiger partial charge in [0.2, 0.25) is 0 Å². The van der Waals surface area contributed by atoms with E-state index in [0.29, 0.717) is 23.4 Å². The number of hydrogen-bond acceptors (Lipinski definition) is 5.